The highest BCUT2D eigenvalue weighted by Gasteiger charge is 2.26. The van der Waals surface area contributed by atoms with Crippen molar-refractivity contribution < 1.29 is 0 Å². The average Bonchev–Trinajstić information content (AvgIpc) is 3.26. The van der Waals surface area contributed by atoms with E-state index >= 15 is 0 Å². The Kier molecular flexibility index (Phi) is 7.93. The van der Waals surface area contributed by atoms with Gasteiger partial charge < -0.3 is 0 Å². The molecule has 0 aliphatic heterocycles. The van der Waals surface area contributed by atoms with Gasteiger partial charge in [-0.1, -0.05) is 206 Å². The van der Waals surface area contributed by atoms with Gasteiger partial charge in [0.25, 0.3) is 0 Å². The van der Waals surface area contributed by atoms with Crippen LogP contribution in [0.5, 0.6) is 0 Å². The normalized spacial score (nSPS) is 11.3. The molecule has 0 fully saturated rings. The Balaban J connectivity index is 1.53. The van der Waals surface area contributed by atoms with Crippen LogP contribution in [0.25, 0.3) is 99.1 Å². The van der Waals surface area contributed by atoms with Crippen molar-refractivity contribution in [2.75, 3.05) is 0 Å². The molecule has 252 valence electrons. The Morgan fingerprint density at radius 2 is 0.352 bits per heavy atom. The van der Waals surface area contributed by atoms with E-state index in [1.807, 2.05) is 0 Å². The molecule has 0 atom stereocenters. The van der Waals surface area contributed by atoms with Crippen molar-refractivity contribution >= 4 is 32.3 Å². The lowest BCUT2D eigenvalue weighted by Gasteiger charge is -2.26. The minimum Gasteiger partial charge on any atom is -0.0622 e. The van der Waals surface area contributed by atoms with Crippen LogP contribution in [0.2, 0.25) is 0 Å². The molecule has 0 unspecified atom stereocenters. The molecule has 0 N–H and O–H groups in total. The largest absolute Gasteiger partial charge is 0.0622 e. The summed E-state index contributed by atoms with van der Waals surface area (Å²) >= 11 is 0. The van der Waals surface area contributed by atoms with Gasteiger partial charge in [0.05, 0.1) is 0 Å². The first kappa shape index (κ1) is 31.7. The molecule has 0 heteroatoms. The van der Waals surface area contributed by atoms with E-state index in [1.165, 1.54) is 99.1 Å². The fraction of sp³-hybridized carbons (Fsp3) is 0. The predicted molar refractivity (Wildman–Crippen MR) is 232 cm³/mol. The lowest BCUT2D eigenvalue weighted by atomic mass is 9.77. The van der Waals surface area contributed by atoms with E-state index in [2.05, 4.69) is 218 Å². The van der Waals surface area contributed by atoms with Crippen molar-refractivity contribution in [2.24, 2.45) is 0 Å². The van der Waals surface area contributed by atoms with Crippen LogP contribution in [0.4, 0.5) is 0 Å². The van der Waals surface area contributed by atoms with E-state index in [4.69, 9.17) is 0 Å². The van der Waals surface area contributed by atoms with Crippen molar-refractivity contribution in [1.82, 2.24) is 0 Å². The van der Waals surface area contributed by atoms with Gasteiger partial charge in [-0.15, -0.1) is 0 Å². The molecule has 0 saturated carbocycles. The number of rotatable bonds is 6. The number of benzene rings is 10. The maximum atomic E-state index is 2.52. The summed E-state index contributed by atoms with van der Waals surface area (Å²) in [5, 5.41) is 7.46. The molecule has 0 aliphatic carbocycles. The van der Waals surface area contributed by atoms with Crippen LogP contribution >= 0.6 is 0 Å². The molecule has 0 nitrogen and oxygen atoms in total. The summed E-state index contributed by atoms with van der Waals surface area (Å²) in [7, 11) is 0. The lowest BCUT2D eigenvalue weighted by molar-refractivity contribution is 1.57. The van der Waals surface area contributed by atoms with Gasteiger partial charge in [-0.2, -0.15) is 0 Å². The average molecular weight is 685 g/mol. The standard InChI is InChI=1S/C54H36/c1-7-21-37(22-8-1)49-43-33-19-20-34-44(43)50(38-23-9-2-10-24-38)46-36-48-47(35-45(46)49)51(39-25-11-3-12-26-39)53(41-29-15-5-16-30-41)54(42-31-17-6-18-32-42)52(48)40-27-13-4-14-28-40/h1-36H. The third-order valence-electron chi connectivity index (χ3n) is 10.8. The SMILES string of the molecule is c1ccc(-c2c(-c3ccccc3)c(-c3ccccc3)c3cc4c(-c5ccccc5)c5ccccc5c(-c5ccccc5)c4cc3c2-c2ccccc2)cc1. The van der Waals surface area contributed by atoms with Gasteiger partial charge in [0.2, 0.25) is 0 Å². The smallest absolute Gasteiger partial charge is 0.00141 e. The van der Waals surface area contributed by atoms with E-state index in [0.29, 0.717) is 0 Å². The van der Waals surface area contributed by atoms with E-state index < -0.39 is 0 Å². The fourth-order valence-electron chi connectivity index (χ4n) is 8.58. The van der Waals surface area contributed by atoms with Crippen LogP contribution < -0.4 is 0 Å². The minimum atomic E-state index is 1.20. The van der Waals surface area contributed by atoms with Crippen molar-refractivity contribution in [3.8, 4) is 66.8 Å². The van der Waals surface area contributed by atoms with Gasteiger partial charge in [0.1, 0.15) is 0 Å². The van der Waals surface area contributed by atoms with Crippen molar-refractivity contribution in [3.63, 3.8) is 0 Å². The highest BCUT2D eigenvalue weighted by Crippen LogP contribution is 2.53. The van der Waals surface area contributed by atoms with E-state index in [9.17, 15) is 0 Å². The summed E-state index contributed by atoms with van der Waals surface area (Å²) in [5.74, 6) is 0. The molecule has 0 heterocycles. The van der Waals surface area contributed by atoms with Crippen molar-refractivity contribution in [1.29, 1.82) is 0 Å². The Hall–Kier alpha value is -7.02. The van der Waals surface area contributed by atoms with Crippen molar-refractivity contribution in [3.05, 3.63) is 218 Å². The molecule has 10 aromatic carbocycles. The first-order chi connectivity index (χ1) is 26.8. The van der Waals surface area contributed by atoms with Crippen LogP contribution in [0.3, 0.4) is 0 Å². The summed E-state index contributed by atoms with van der Waals surface area (Å²) in [4.78, 5) is 0. The number of fused-ring (bicyclic) bond motifs is 3. The molecule has 10 rings (SSSR count). The second-order valence-corrected chi connectivity index (χ2v) is 13.9. The third kappa shape index (κ3) is 5.31. The van der Waals surface area contributed by atoms with Crippen LogP contribution in [-0.2, 0) is 0 Å². The molecule has 10 aromatic rings. The molecule has 0 amide bonds. The Bertz CT molecular complexity index is 2710. The minimum absolute atomic E-state index is 1.20. The molecule has 54 heavy (non-hydrogen) atoms. The highest BCUT2D eigenvalue weighted by molar-refractivity contribution is 6.27. The summed E-state index contributed by atoms with van der Waals surface area (Å²) in [6, 6.07) is 79.8. The first-order valence-corrected chi connectivity index (χ1v) is 18.7. The number of hydrogen-bond acceptors (Lipinski definition) is 0. The lowest BCUT2D eigenvalue weighted by Crippen LogP contribution is -1.98. The third-order valence-corrected chi connectivity index (χ3v) is 10.8. The van der Waals surface area contributed by atoms with Gasteiger partial charge in [0.15, 0.2) is 0 Å². The second-order valence-electron chi connectivity index (χ2n) is 13.9. The Morgan fingerprint density at radius 3 is 0.630 bits per heavy atom. The summed E-state index contributed by atoms with van der Waals surface area (Å²) in [5.41, 5.74) is 14.7. The Morgan fingerprint density at radius 1 is 0.148 bits per heavy atom. The Labute approximate surface area is 316 Å². The summed E-state index contributed by atoms with van der Waals surface area (Å²) in [6.07, 6.45) is 0. The number of hydrogen-bond donors (Lipinski definition) is 0. The van der Waals surface area contributed by atoms with Gasteiger partial charge >= 0.3 is 0 Å². The van der Waals surface area contributed by atoms with E-state index in [1.54, 1.807) is 0 Å². The topological polar surface area (TPSA) is 0 Å². The monoisotopic (exact) mass is 684 g/mol. The van der Waals surface area contributed by atoms with Gasteiger partial charge in [0, 0.05) is 0 Å². The molecule has 0 saturated heterocycles. The summed E-state index contributed by atoms with van der Waals surface area (Å²) < 4.78 is 0. The van der Waals surface area contributed by atoms with E-state index in [-0.39, 0.29) is 0 Å². The van der Waals surface area contributed by atoms with Gasteiger partial charge in [-0.3, -0.25) is 0 Å². The van der Waals surface area contributed by atoms with Crippen molar-refractivity contribution in [2.45, 2.75) is 0 Å². The van der Waals surface area contributed by atoms with Crippen LogP contribution in [0.1, 0.15) is 0 Å². The predicted octanol–water partition coefficient (Wildman–Crippen LogP) is 15.1. The molecule has 0 aliphatic rings. The zero-order valence-electron chi connectivity index (χ0n) is 29.8. The quantitative estimate of drug-likeness (QED) is 0.153. The molecule has 0 bridgehead atoms. The summed E-state index contributed by atoms with van der Waals surface area (Å²) in [6.45, 7) is 0. The first-order valence-electron chi connectivity index (χ1n) is 18.7. The molecule has 0 radical (unpaired) electrons. The second kappa shape index (κ2) is 13.5. The molecular weight excluding hydrogens is 649 g/mol. The van der Waals surface area contributed by atoms with Gasteiger partial charge in [-0.25, -0.2) is 0 Å². The fourth-order valence-corrected chi connectivity index (χ4v) is 8.58. The van der Waals surface area contributed by atoms with Crippen LogP contribution in [-0.4, -0.2) is 0 Å². The van der Waals surface area contributed by atoms with E-state index in [0.717, 1.165) is 0 Å². The van der Waals surface area contributed by atoms with Gasteiger partial charge in [-0.05, 0) is 111 Å². The molecule has 0 aromatic heterocycles. The van der Waals surface area contributed by atoms with Crippen LogP contribution in [0, 0.1) is 0 Å². The maximum Gasteiger partial charge on any atom is -0.00141 e. The van der Waals surface area contributed by atoms with Crippen LogP contribution in [0.15, 0.2) is 218 Å². The molecule has 0 spiro atoms. The zero-order chi connectivity index (χ0) is 35.8. The zero-order valence-corrected chi connectivity index (χ0v) is 29.8. The highest BCUT2D eigenvalue weighted by atomic mass is 14.3. The molecular formula is C54H36. The maximum absolute atomic E-state index is 2.52.